The Balaban J connectivity index is 2.97. The lowest BCUT2D eigenvalue weighted by molar-refractivity contribution is 0.121. The average molecular weight is 203 g/mol. The maximum absolute atomic E-state index is 13.2. The van der Waals surface area contributed by atoms with E-state index in [0.717, 1.165) is 12.1 Å². The first-order chi connectivity index (χ1) is 6.69. The predicted octanol–water partition coefficient (Wildman–Crippen LogP) is 1.50. The molecule has 2 N–H and O–H groups in total. The van der Waals surface area contributed by atoms with Crippen LogP contribution >= 0.6 is 0 Å². The second kappa shape index (κ2) is 4.99. The van der Waals surface area contributed by atoms with E-state index in [1.165, 1.54) is 7.11 Å². The van der Waals surface area contributed by atoms with Crippen molar-refractivity contribution < 1.29 is 18.4 Å². The Bertz CT molecular complexity index is 286. The van der Waals surface area contributed by atoms with E-state index in [2.05, 4.69) is 4.84 Å². The zero-order valence-corrected chi connectivity index (χ0v) is 7.72. The van der Waals surface area contributed by atoms with Crippen molar-refractivity contribution in [1.29, 1.82) is 0 Å². The van der Waals surface area contributed by atoms with Crippen molar-refractivity contribution in [2.24, 2.45) is 5.90 Å². The van der Waals surface area contributed by atoms with Gasteiger partial charge in [0.05, 0.1) is 13.2 Å². The van der Waals surface area contributed by atoms with Gasteiger partial charge in [-0.2, -0.15) is 0 Å². The Morgan fingerprint density at radius 1 is 1.14 bits per heavy atom. The molecule has 1 aromatic carbocycles. The fourth-order valence-electron chi connectivity index (χ4n) is 1.10. The SMILES string of the molecule is COCc1cc(F)c(CON)cc1F. The van der Waals surface area contributed by atoms with Crippen molar-refractivity contribution in [3.63, 3.8) is 0 Å². The van der Waals surface area contributed by atoms with E-state index in [0.29, 0.717) is 0 Å². The summed E-state index contributed by atoms with van der Waals surface area (Å²) < 4.78 is 31.1. The molecule has 0 spiro atoms. The highest BCUT2D eigenvalue weighted by atomic mass is 19.1. The molecule has 78 valence electrons. The molecule has 5 heteroatoms. The monoisotopic (exact) mass is 203 g/mol. The Labute approximate surface area is 80.4 Å². The van der Waals surface area contributed by atoms with Gasteiger partial charge < -0.3 is 4.74 Å². The Morgan fingerprint density at radius 3 is 2.07 bits per heavy atom. The molecule has 0 aliphatic heterocycles. The highest BCUT2D eigenvalue weighted by Crippen LogP contribution is 2.16. The van der Waals surface area contributed by atoms with Crippen molar-refractivity contribution >= 4 is 0 Å². The third-order valence-electron chi connectivity index (χ3n) is 1.75. The van der Waals surface area contributed by atoms with E-state index in [9.17, 15) is 8.78 Å². The minimum atomic E-state index is -0.552. The van der Waals surface area contributed by atoms with Crippen LogP contribution in [0.3, 0.4) is 0 Å². The molecule has 0 saturated carbocycles. The van der Waals surface area contributed by atoms with E-state index >= 15 is 0 Å². The summed E-state index contributed by atoms with van der Waals surface area (Å²) in [7, 11) is 1.41. The third-order valence-corrected chi connectivity index (χ3v) is 1.75. The van der Waals surface area contributed by atoms with Crippen LogP contribution in [0, 0.1) is 11.6 Å². The van der Waals surface area contributed by atoms with Gasteiger partial charge in [0.15, 0.2) is 0 Å². The lowest BCUT2D eigenvalue weighted by Crippen LogP contribution is -2.04. The van der Waals surface area contributed by atoms with Crippen LogP contribution in [0.5, 0.6) is 0 Å². The summed E-state index contributed by atoms with van der Waals surface area (Å²) in [4.78, 5) is 4.23. The summed E-state index contributed by atoms with van der Waals surface area (Å²) in [5, 5.41) is 0. The van der Waals surface area contributed by atoms with Crippen molar-refractivity contribution in [3.05, 3.63) is 34.9 Å². The van der Waals surface area contributed by atoms with Gasteiger partial charge in [-0.05, 0) is 12.1 Å². The minimum Gasteiger partial charge on any atom is -0.380 e. The van der Waals surface area contributed by atoms with Crippen molar-refractivity contribution in [1.82, 2.24) is 0 Å². The van der Waals surface area contributed by atoms with E-state index in [1.54, 1.807) is 0 Å². The molecule has 0 fully saturated rings. The molecule has 3 nitrogen and oxygen atoms in total. The van der Waals surface area contributed by atoms with Gasteiger partial charge in [0.1, 0.15) is 11.6 Å². The van der Waals surface area contributed by atoms with E-state index in [4.69, 9.17) is 10.6 Å². The number of benzene rings is 1. The summed E-state index contributed by atoms with van der Waals surface area (Å²) in [5.41, 5.74) is 0.260. The first kappa shape index (κ1) is 11.0. The smallest absolute Gasteiger partial charge is 0.129 e. The highest BCUT2D eigenvalue weighted by molar-refractivity contribution is 5.25. The maximum atomic E-state index is 13.2. The number of halogens is 2. The van der Waals surface area contributed by atoms with Gasteiger partial charge in [-0.1, -0.05) is 0 Å². The largest absolute Gasteiger partial charge is 0.380 e. The summed E-state index contributed by atoms with van der Waals surface area (Å²) in [6.45, 7) is -0.122. The van der Waals surface area contributed by atoms with Gasteiger partial charge in [-0.3, -0.25) is 4.84 Å². The van der Waals surface area contributed by atoms with Crippen LogP contribution in [0.2, 0.25) is 0 Å². The zero-order chi connectivity index (χ0) is 10.6. The molecule has 0 amide bonds. The quantitative estimate of drug-likeness (QED) is 0.754. The number of nitrogens with two attached hydrogens (primary N) is 1. The molecule has 0 aliphatic carbocycles. The summed E-state index contributed by atoms with van der Waals surface area (Å²) in [6, 6.07) is 2.13. The number of ether oxygens (including phenoxy) is 1. The fraction of sp³-hybridized carbons (Fsp3) is 0.333. The number of hydrogen-bond acceptors (Lipinski definition) is 3. The summed E-state index contributed by atoms with van der Waals surface area (Å²) in [5.74, 6) is 3.68. The highest BCUT2D eigenvalue weighted by Gasteiger charge is 2.09. The maximum Gasteiger partial charge on any atom is 0.129 e. The van der Waals surface area contributed by atoms with Crippen LogP contribution in [0.4, 0.5) is 8.78 Å². The molecule has 0 aromatic heterocycles. The van der Waals surface area contributed by atoms with Crippen LogP contribution in [-0.2, 0) is 22.8 Å². The van der Waals surface area contributed by atoms with Gasteiger partial charge in [0, 0.05) is 18.2 Å². The molecular weight excluding hydrogens is 192 g/mol. The lowest BCUT2D eigenvalue weighted by atomic mass is 10.1. The van der Waals surface area contributed by atoms with E-state index in [-0.39, 0.29) is 24.3 Å². The van der Waals surface area contributed by atoms with Crippen molar-refractivity contribution in [3.8, 4) is 0 Å². The molecule has 0 atom stereocenters. The Morgan fingerprint density at radius 2 is 1.64 bits per heavy atom. The van der Waals surface area contributed by atoms with E-state index < -0.39 is 11.6 Å². The normalized spacial score (nSPS) is 10.6. The molecule has 0 bridgehead atoms. The molecule has 0 aliphatic rings. The number of methoxy groups -OCH3 is 1. The van der Waals surface area contributed by atoms with Gasteiger partial charge >= 0.3 is 0 Å². The Hall–Kier alpha value is -1.04. The topological polar surface area (TPSA) is 44.5 Å². The predicted molar refractivity (Wildman–Crippen MR) is 46.0 cm³/mol. The van der Waals surface area contributed by atoms with Crippen LogP contribution < -0.4 is 5.90 Å². The molecule has 0 radical (unpaired) electrons. The van der Waals surface area contributed by atoms with Crippen LogP contribution in [0.25, 0.3) is 0 Å². The number of rotatable bonds is 4. The fourth-order valence-corrected chi connectivity index (χ4v) is 1.10. The molecule has 14 heavy (non-hydrogen) atoms. The van der Waals surface area contributed by atoms with Gasteiger partial charge in [-0.25, -0.2) is 14.7 Å². The molecule has 1 aromatic rings. The Kier molecular flexibility index (Phi) is 3.94. The van der Waals surface area contributed by atoms with Crippen molar-refractivity contribution in [2.45, 2.75) is 13.2 Å². The second-order valence-corrected chi connectivity index (χ2v) is 2.78. The summed E-state index contributed by atoms with van der Waals surface area (Å²) in [6.07, 6.45) is 0. The first-order valence-electron chi connectivity index (χ1n) is 3.96. The third kappa shape index (κ3) is 2.47. The summed E-state index contributed by atoms with van der Waals surface area (Å²) >= 11 is 0. The van der Waals surface area contributed by atoms with Gasteiger partial charge in [0.2, 0.25) is 0 Å². The van der Waals surface area contributed by atoms with Gasteiger partial charge in [0.25, 0.3) is 0 Å². The first-order valence-corrected chi connectivity index (χ1v) is 3.96. The number of hydrogen-bond donors (Lipinski definition) is 1. The van der Waals surface area contributed by atoms with Gasteiger partial charge in [-0.15, -0.1) is 0 Å². The minimum absolute atomic E-state index is 0.0342. The second-order valence-electron chi connectivity index (χ2n) is 2.78. The molecule has 0 saturated heterocycles. The standard InChI is InChI=1S/C9H11F2NO2/c1-13-4-6-2-9(11)7(5-14-12)3-8(6)10/h2-3H,4-5,12H2,1H3. The molecule has 0 heterocycles. The lowest BCUT2D eigenvalue weighted by Gasteiger charge is -2.06. The average Bonchev–Trinajstić information content (AvgIpc) is 2.14. The van der Waals surface area contributed by atoms with Crippen molar-refractivity contribution in [2.75, 3.05) is 7.11 Å². The zero-order valence-electron chi connectivity index (χ0n) is 7.72. The van der Waals surface area contributed by atoms with Crippen LogP contribution in [0.15, 0.2) is 12.1 Å². The molecular formula is C9H11F2NO2. The molecule has 0 unspecified atom stereocenters. The van der Waals surface area contributed by atoms with Crippen LogP contribution in [-0.4, -0.2) is 7.11 Å². The van der Waals surface area contributed by atoms with E-state index in [1.807, 2.05) is 0 Å². The molecule has 1 rings (SSSR count). The van der Waals surface area contributed by atoms with Crippen LogP contribution in [0.1, 0.15) is 11.1 Å².